The van der Waals surface area contributed by atoms with Crippen LogP contribution in [0.5, 0.6) is 0 Å². The minimum absolute atomic E-state index is 0.0176. The molecule has 0 aliphatic heterocycles. The van der Waals surface area contributed by atoms with Crippen LogP contribution in [0.1, 0.15) is 54.5 Å². The summed E-state index contributed by atoms with van der Waals surface area (Å²) in [6, 6.07) is 2.86. The van der Waals surface area contributed by atoms with E-state index in [2.05, 4.69) is 10.3 Å². The van der Waals surface area contributed by atoms with Gasteiger partial charge < -0.3 is 15.0 Å². The Morgan fingerprint density at radius 2 is 2.00 bits per heavy atom. The summed E-state index contributed by atoms with van der Waals surface area (Å²) in [4.78, 5) is 30.7. The van der Waals surface area contributed by atoms with Crippen molar-refractivity contribution in [1.29, 1.82) is 0 Å². The molecule has 1 heterocycles. The van der Waals surface area contributed by atoms with Crippen LogP contribution in [0, 0.1) is 11.6 Å². The number of benzene rings is 1. The Morgan fingerprint density at radius 1 is 1.24 bits per heavy atom. The van der Waals surface area contributed by atoms with Gasteiger partial charge in [0.2, 0.25) is 0 Å². The number of amides is 2. The molecule has 1 aliphatic rings. The second-order valence-electron chi connectivity index (χ2n) is 6.83. The van der Waals surface area contributed by atoms with Crippen LogP contribution in [0.25, 0.3) is 0 Å². The topological polar surface area (TPSA) is 71.5 Å². The zero-order valence-corrected chi connectivity index (χ0v) is 16.9. The Bertz CT molecular complexity index is 868. The Labute approximate surface area is 171 Å². The first-order chi connectivity index (χ1) is 14.0. The third-order valence-electron chi connectivity index (χ3n) is 4.79. The molecule has 0 bridgehead atoms. The number of urea groups is 1. The monoisotopic (exact) mass is 423 g/mol. The number of carbonyl (C=O) groups excluding carboxylic acids is 2. The second kappa shape index (κ2) is 9.78. The number of esters is 1. The molecule has 0 radical (unpaired) electrons. The van der Waals surface area contributed by atoms with Crippen LogP contribution in [-0.2, 0) is 11.3 Å². The van der Waals surface area contributed by atoms with Crippen molar-refractivity contribution >= 4 is 29.0 Å². The van der Waals surface area contributed by atoms with Gasteiger partial charge >= 0.3 is 12.0 Å². The molecule has 3 rings (SSSR count). The summed E-state index contributed by atoms with van der Waals surface area (Å²) in [6.45, 7) is 2.21. The normalized spacial score (nSPS) is 14.4. The van der Waals surface area contributed by atoms with E-state index in [1.54, 1.807) is 17.2 Å². The van der Waals surface area contributed by atoms with E-state index in [1.807, 2.05) is 0 Å². The van der Waals surface area contributed by atoms with Crippen LogP contribution < -0.4 is 5.32 Å². The SMILES string of the molecule is CCOC(=O)c1csc(CN(C(=O)Nc2ccc(F)c(F)c2)C2CCCCC2)n1. The number of hydrogen-bond acceptors (Lipinski definition) is 5. The van der Waals surface area contributed by atoms with E-state index in [9.17, 15) is 18.4 Å². The fourth-order valence-electron chi connectivity index (χ4n) is 3.36. The van der Waals surface area contributed by atoms with Crippen molar-refractivity contribution in [1.82, 2.24) is 9.88 Å². The molecule has 1 saturated carbocycles. The number of halogens is 2. The average molecular weight is 423 g/mol. The van der Waals surface area contributed by atoms with Gasteiger partial charge in [-0.1, -0.05) is 19.3 Å². The lowest BCUT2D eigenvalue weighted by Crippen LogP contribution is -2.43. The van der Waals surface area contributed by atoms with Gasteiger partial charge in [0.25, 0.3) is 0 Å². The number of thiazole rings is 1. The molecule has 1 aromatic carbocycles. The summed E-state index contributed by atoms with van der Waals surface area (Å²) >= 11 is 1.28. The van der Waals surface area contributed by atoms with Crippen molar-refractivity contribution < 1.29 is 23.1 Å². The molecule has 2 aromatic rings. The summed E-state index contributed by atoms with van der Waals surface area (Å²) in [6.07, 6.45) is 4.89. The fourth-order valence-corrected chi connectivity index (χ4v) is 4.12. The highest BCUT2D eigenvalue weighted by atomic mass is 32.1. The summed E-state index contributed by atoms with van der Waals surface area (Å²) in [5.41, 5.74) is 0.400. The third kappa shape index (κ3) is 5.50. The molecule has 0 saturated heterocycles. The average Bonchev–Trinajstić information content (AvgIpc) is 3.19. The molecule has 1 aromatic heterocycles. The maximum atomic E-state index is 13.5. The number of anilines is 1. The van der Waals surface area contributed by atoms with E-state index in [-0.39, 0.29) is 30.6 Å². The van der Waals surface area contributed by atoms with Gasteiger partial charge in [0, 0.05) is 23.2 Å². The first-order valence-corrected chi connectivity index (χ1v) is 10.5. The van der Waals surface area contributed by atoms with Gasteiger partial charge in [0.05, 0.1) is 13.2 Å². The van der Waals surface area contributed by atoms with Gasteiger partial charge in [-0.05, 0) is 31.9 Å². The Morgan fingerprint density at radius 3 is 2.69 bits per heavy atom. The number of rotatable bonds is 6. The maximum absolute atomic E-state index is 13.5. The van der Waals surface area contributed by atoms with E-state index >= 15 is 0 Å². The standard InChI is InChI=1S/C20H23F2N3O3S/c1-2-28-19(26)17-12-29-18(24-17)11-25(14-6-4-3-5-7-14)20(27)23-13-8-9-15(21)16(22)10-13/h8-10,12,14H,2-7,11H2,1H3,(H,23,27). The zero-order valence-electron chi connectivity index (χ0n) is 16.1. The second-order valence-corrected chi connectivity index (χ2v) is 7.77. The molecule has 1 aliphatic carbocycles. The summed E-state index contributed by atoms with van der Waals surface area (Å²) in [5.74, 6) is -2.49. The third-order valence-corrected chi connectivity index (χ3v) is 5.62. The van der Waals surface area contributed by atoms with Gasteiger partial charge in [-0.2, -0.15) is 0 Å². The molecular weight excluding hydrogens is 400 g/mol. The highest BCUT2D eigenvalue weighted by molar-refractivity contribution is 7.09. The summed E-state index contributed by atoms with van der Waals surface area (Å²) in [5, 5.41) is 4.86. The molecule has 156 valence electrons. The predicted molar refractivity (Wildman–Crippen MR) is 106 cm³/mol. The number of nitrogens with one attached hydrogen (secondary N) is 1. The number of aromatic nitrogens is 1. The lowest BCUT2D eigenvalue weighted by molar-refractivity contribution is 0.0520. The number of carbonyl (C=O) groups is 2. The highest BCUT2D eigenvalue weighted by Crippen LogP contribution is 2.26. The van der Waals surface area contributed by atoms with E-state index in [0.717, 1.165) is 44.2 Å². The van der Waals surface area contributed by atoms with Gasteiger partial charge in [0.15, 0.2) is 17.3 Å². The largest absolute Gasteiger partial charge is 0.461 e. The summed E-state index contributed by atoms with van der Waals surface area (Å²) in [7, 11) is 0. The van der Waals surface area contributed by atoms with E-state index in [0.29, 0.717) is 5.01 Å². The molecule has 29 heavy (non-hydrogen) atoms. The predicted octanol–water partition coefficient (Wildman–Crippen LogP) is 4.96. The fraction of sp³-hybridized carbons (Fsp3) is 0.450. The Hall–Kier alpha value is -2.55. The molecular formula is C20H23F2N3O3S. The molecule has 1 N–H and O–H groups in total. The summed E-state index contributed by atoms with van der Waals surface area (Å²) < 4.78 is 31.6. The van der Waals surface area contributed by atoms with Crippen molar-refractivity contribution in [2.75, 3.05) is 11.9 Å². The lowest BCUT2D eigenvalue weighted by Gasteiger charge is -2.33. The molecule has 9 heteroatoms. The van der Waals surface area contributed by atoms with Gasteiger partial charge in [-0.25, -0.2) is 23.4 Å². The molecule has 2 amide bonds. The van der Waals surface area contributed by atoms with Crippen LogP contribution in [0.3, 0.4) is 0 Å². The van der Waals surface area contributed by atoms with Crippen molar-refractivity contribution in [3.63, 3.8) is 0 Å². The molecule has 0 unspecified atom stereocenters. The van der Waals surface area contributed by atoms with Gasteiger partial charge in [-0.15, -0.1) is 11.3 Å². The smallest absolute Gasteiger partial charge is 0.357 e. The molecule has 1 fully saturated rings. The molecule has 6 nitrogen and oxygen atoms in total. The van der Waals surface area contributed by atoms with Gasteiger partial charge in [0.1, 0.15) is 5.01 Å². The van der Waals surface area contributed by atoms with E-state index in [1.165, 1.54) is 17.4 Å². The minimum atomic E-state index is -1.02. The van der Waals surface area contributed by atoms with Crippen LogP contribution in [0.2, 0.25) is 0 Å². The number of nitrogens with zero attached hydrogens (tertiary/aromatic N) is 2. The Kier molecular flexibility index (Phi) is 7.13. The number of ether oxygens (including phenoxy) is 1. The van der Waals surface area contributed by atoms with Crippen LogP contribution in [0.4, 0.5) is 19.3 Å². The van der Waals surface area contributed by atoms with Crippen molar-refractivity contribution in [3.05, 3.63) is 45.9 Å². The molecule has 0 atom stereocenters. The number of hydrogen-bond donors (Lipinski definition) is 1. The van der Waals surface area contributed by atoms with Crippen LogP contribution in [-0.4, -0.2) is 34.5 Å². The maximum Gasteiger partial charge on any atom is 0.357 e. The minimum Gasteiger partial charge on any atom is -0.461 e. The quantitative estimate of drug-likeness (QED) is 0.667. The van der Waals surface area contributed by atoms with Gasteiger partial charge in [-0.3, -0.25) is 0 Å². The highest BCUT2D eigenvalue weighted by Gasteiger charge is 2.27. The first kappa shape index (κ1) is 21.2. The van der Waals surface area contributed by atoms with Crippen LogP contribution in [0.15, 0.2) is 23.6 Å². The Balaban J connectivity index is 1.76. The van der Waals surface area contributed by atoms with Crippen molar-refractivity contribution in [2.45, 2.75) is 51.6 Å². The lowest BCUT2D eigenvalue weighted by atomic mass is 9.94. The van der Waals surface area contributed by atoms with Crippen molar-refractivity contribution in [3.8, 4) is 0 Å². The van der Waals surface area contributed by atoms with Crippen LogP contribution >= 0.6 is 11.3 Å². The van der Waals surface area contributed by atoms with Crippen molar-refractivity contribution in [2.24, 2.45) is 0 Å². The van der Waals surface area contributed by atoms with E-state index < -0.39 is 23.6 Å². The molecule has 0 spiro atoms. The first-order valence-electron chi connectivity index (χ1n) is 9.62. The van der Waals surface area contributed by atoms with E-state index in [4.69, 9.17) is 4.74 Å². The zero-order chi connectivity index (χ0) is 20.8.